The highest BCUT2D eigenvalue weighted by Crippen LogP contribution is 2.30. The lowest BCUT2D eigenvalue weighted by Gasteiger charge is -2.32. The molecular formula is C20H24FNOS. The van der Waals surface area contributed by atoms with E-state index in [1.165, 1.54) is 23.9 Å². The van der Waals surface area contributed by atoms with E-state index in [1.807, 2.05) is 64.1 Å². The largest absolute Gasteiger partial charge is 0.347 e. The highest BCUT2D eigenvalue weighted by Gasteiger charge is 2.32. The molecule has 2 nitrogen and oxygen atoms in total. The third kappa shape index (κ3) is 4.84. The third-order valence-electron chi connectivity index (χ3n) is 3.93. The molecule has 0 bridgehead atoms. The van der Waals surface area contributed by atoms with Crippen molar-refractivity contribution in [3.05, 3.63) is 66.0 Å². The van der Waals surface area contributed by atoms with Gasteiger partial charge in [0, 0.05) is 10.6 Å². The Hall–Kier alpha value is -1.81. The molecule has 0 radical (unpaired) electrons. The van der Waals surface area contributed by atoms with E-state index in [0.717, 1.165) is 10.5 Å². The van der Waals surface area contributed by atoms with Gasteiger partial charge < -0.3 is 5.32 Å². The first kappa shape index (κ1) is 18.5. The highest BCUT2D eigenvalue weighted by atomic mass is 32.2. The average Bonchev–Trinajstić information content (AvgIpc) is 2.53. The minimum Gasteiger partial charge on any atom is -0.347 e. The van der Waals surface area contributed by atoms with Gasteiger partial charge in [-0.3, -0.25) is 4.79 Å². The molecule has 4 heteroatoms. The second kappa shape index (κ2) is 7.39. The Morgan fingerprint density at radius 1 is 1.04 bits per heavy atom. The predicted octanol–water partition coefficient (Wildman–Crippen LogP) is 5.00. The van der Waals surface area contributed by atoms with Gasteiger partial charge in [0.25, 0.3) is 0 Å². The zero-order valence-electron chi connectivity index (χ0n) is 14.6. The van der Waals surface area contributed by atoms with Crippen LogP contribution in [-0.2, 0) is 10.3 Å². The van der Waals surface area contributed by atoms with Crippen LogP contribution in [0, 0.1) is 11.2 Å². The van der Waals surface area contributed by atoms with Gasteiger partial charge in [-0.2, -0.15) is 0 Å². The second-order valence-electron chi connectivity index (χ2n) is 7.08. The van der Waals surface area contributed by atoms with Crippen molar-refractivity contribution in [3.8, 4) is 0 Å². The third-order valence-corrected chi connectivity index (χ3v) is 5.39. The summed E-state index contributed by atoms with van der Waals surface area (Å²) < 4.78 is 13.3. The van der Waals surface area contributed by atoms with Crippen LogP contribution < -0.4 is 5.32 Å². The van der Waals surface area contributed by atoms with Crippen LogP contribution in [-0.4, -0.2) is 11.7 Å². The maximum atomic E-state index is 13.3. The first-order chi connectivity index (χ1) is 11.2. The number of benzene rings is 2. The summed E-state index contributed by atoms with van der Waals surface area (Å²) in [5.41, 5.74) is 0.0502. The fourth-order valence-corrected chi connectivity index (χ4v) is 3.30. The molecule has 2 aromatic carbocycles. The molecular weight excluding hydrogens is 321 g/mol. The van der Waals surface area contributed by atoms with Crippen LogP contribution >= 0.6 is 11.8 Å². The summed E-state index contributed by atoms with van der Waals surface area (Å²) >= 11 is 1.49. The fourth-order valence-electron chi connectivity index (χ4n) is 2.27. The van der Waals surface area contributed by atoms with Crippen molar-refractivity contribution in [3.63, 3.8) is 0 Å². The maximum absolute atomic E-state index is 13.3. The van der Waals surface area contributed by atoms with Crippen LogP contribution in [0.25, 0.3) is 0 Å². The number of amides is 1. The van der Waals surface area contributed by atoms with Gasteiger partial charge in [-0.1, -0.05) is 50.2 Å². The first-order valence-corrected chi connectivity index (χ1v) is 8.96. The van der Waals surface area contributed by atoms with Crippen LogP contribution in [0.15, 0.2) is 59.5 Å². The monoisotopic (exact) mass is 345 g/mol. The summed E-state index contributed by atoms with van der Waals surface area (Å²) in [5.74, 6) is 0.306. The van der Waals surface area contributed by atoms with E-state index < -0.39 is 11.0 Å². The topological polar surface area (TPSA) is 29.1 Å². The van der Waals surface area contributed by atoms with E-state index in [2.05, 4.69) is 5.32 Å². The van der Waals surface area contributed by atoms with E-state index in [0.29, 0.717) is 5.75 Å². The molecule has 24 heavy (non-hydrogen) atoms. The summed E-state index contributed by atoms with van der Waals surface area (Å²) in [6, 6.07) is 16.4. The minimum atomic E-state index is -0.566. The fraction of sp³-hybridized carbons (Fsp3) is 0.350. The molecule has 0 aliphatic carbocycles. The average molecular weight is 345 g/mol. The SMILES string of the molecule is CC(C)(CSc1cccc(F)c1)C(=O)NC(C)(C)c1ccccc1. The summed E-state index contributed by atoms with van der Waals surface area (Å²) in [7, 11) is 0. The number of halogens is 1. The van der Waals surface area contributed by atoms with Crippen LogP contribution in [0.5, 0.6) is 0 Å². The van der Waals surface area contributed by atoms with E-state index in [-0.39, 0.29) is 11.7 Å². The normalized spacial score (nSPS) is 12.0. The highest BCUT2D eigenvalue weighted by molar-refractivity contribution is 7.99. The molecule has 0 spiro atoms. The van der Waals surface area contributed by atoms with Gasteiger partial charge in [-0.05, 0) is 37.6 Å². The van der Waals surface area contributed by atoms with E-state index in [4.69, 9.17) is 0 Å². The van der Waals surface area contributed by atoms with Crippen LogP contribution in [0.2, 0.25) is 0 Å². The number of carbonyl (C=O) groups is 1. The molecule has 1 amide bonds. The first-order valence-electron chi connectivity index (χ1n) is 7.97. The van der Waals surface area contributed by atoms with Crippen molar-refractivity contribution in [2.24, 2.45) is 5.41 Å². The van der Waals surface area contributed by atoms with Gasteiger partial charge in [0.05, 0.1) is 11.0 Å². The number of thioether (sulfide) groups is 1. The van der Waals surface area contributed by atoms with Crippen LogP contribution in [0.1, 0.15) is 33.3 Å². The summed E-state index contributed by atoms with van der Waals surface area (Å²) in [4.78, 5) is 13.6. The molecule has 128 valence electrons. The molecule has 0 aromatic heterocycles. The van der Waals surface area contributed by atoms with Gasteiger partial charge >= 0.3 is 0 Å². The van der Waals surface area contributed by atoms with Crippen LogP contribution in [0.4, 0.5) is 4.39 Å². The smallest absolute Gasteiger partial charge is 0.227 e. The Morgan fingerprint density at radius 2 is 1.71 bits per heavy atom. The van der Waals surface area contributed by atoms with Gasteiger partial charge in [0.1, 0.15) is 5.82 Å². The van der Waals surface area contributed by atoms with E-state index >= 15 is 0 Å². The van der Waals surface area contributed by atoms with Gasteiger partial charge in [0.2, 0.25) is 5.91 Å². The number of hydrogen-bond donors (Lipinski definition) is 1. The molecule has 0 atom stereocenters. The lowest BCUT2D eigenvalue weighted by Crippen LogP contribution is -2.47. The standard InChI is InChI=1S/C20H24FNOS/c1-19(2,14-24-17-12-8-11-16(21)13-17)18(23)22-20(3,4)15-9-6-5-7-10-15/h5-13H,14H2,1-4H3,(H,22,23). The quantitative estimate of drug-likeness (QED) is 0.747. The lowest BCUT2D eigenvalue weighted by atomic mass is 9.89. The summed E-state index contributed by atoms with van der Waals surface area (Å²) in [5, 5.41) is 3.13. The molecule has 1 N–H and O–H groups in total. The zero-order valence-corrected chi connectivity index (χ0v) is 15.4. The number of carbonyl (C=O) groups excluding carboxylic acids is 1. The maximum Gasteiger partial charge on any atom is 0.227 e. The lowest BCUT2D eigenvalue weighted by molar-refractivity contribution is -0.130. The molecule has 0 saturated carbocycles. The van der Waals surface area contributed by atoms with E-state index in [9.17, 15) is 9.18 Å². The molecule has 2 rings (SSSR count). The van der Waals surface area contributed by atoms with Crippen molar-refractivity contribution >= 4 is 17.7 Å². The van der Waals surface area contributed by atoms with Gasteiger partial charge in [-0.25, -0.2) is 4.39 Å². The Kier molecular flexibility index (Phi) is 5.70. The Morgan fingerprint density at radius 3 is 2.33 bits per heavy atom. The van der Waals surface area contributed by atoms with Crippen molar-refractivity contribution in [1.29, 1.82) is 0 Å². The molecule has 2 aromatic rings. The molecule has 0 saturated heterocycles. The van der Waals surface area contributed by atoms with Gasteiger partial charge in [0.15, 0.2) is 0 Å². The summed E-state index contributed by atoms with van der Waals surface area (Å²) in [6.07, 6.45) is 0. The van der Waals surface area contributed by atoms with Crippen molar-refractivity contribution in [2.75, 3.05) is 5.75 Å². The van der Waals surface area contributed by atoms with Crippen LogP contribution in [0.3, 0.4) is 0 Å². The Balaban J connectivity index is 2.02. The zero-order chi connectivity index (χ0) is 17.8. The molecule has 0 fully saturated rings. The second-order valence-corrected chi connectivity index (χ2v) is 8.12. The molecule has 0 aliphatic rings. The Labute approximate surface area is 147 Å². The van der Waals surface area contributed by atoms with E-state index in [1.54, 1.807) is 6.07 Å². The van der Waals surface area contributed by atoms with Crippen molar-refractivity contribution in [1.82, 2.24) is 5.32 Å². The van der Waals surface area contributed by atoms with Crippen molar-refractivity contribution in [2.45, 2.75) is 38.1 Å². The number of rotatable bonds is 6. The van der Waals surface area contributed by atoms with Crippen molar-refractivity contribution < 1.29 is 9.18 Å². The molecule has 0 unspecified atom stereocenters. The molecule has 0 heterocycles. The predicted molar refractivity (Wildman–Crippen MR) is 98.5 cm³/mol. The van der Waals surface area contributed by atoms with Gasteiger partial charge in [-0.15, -0.1) is 11.8 Å². The minimum absolute atomic E-state index is 0.0137. The number of hydrogen-bond acceptors (Lipinski definition) is 2. The summed E-state index contributed by atoms with van der Waals surface area (Å²) in [6.45, 7) is 7.82. The Bertz CT molecular complexity index is 698. The number of nitrogens with one attached hydrogen (secondary N) is 1. The molecule has 0 aliphatic heterocycles.